The number of hydrogen-bond acceptors (Lipinski definition) is 0. The Morgan fingerprint density at radius 1 is 0.625 bits per heavy atom. The van der Waals surface area contributed by atoms with Gasteiger partial charge in [-0.3, -0.25) is 0 Å². The van der Waals surface area contributed by atoms with Crippen LogP contribution in [0.25, 0.3) is 0 Å². The molecule has 0 unspecified atom stereocenters. The molecule has 9 radical (unpaired) electrons. The molecular weight excluding hydrogens is 884 g/mol. The molecule has 0 saturated carbocycles. The number of hydrogen-bond donors (Lipinski definition) is 0. The van der Waals surface area contributed by atoms with Crippen LogP contribution >= 0.6 is 0 Å². The summed E-state index contributed by atoms with van der Waals surface area (Å²) in [7, 11) is 0. The third-order valence-electron chi connectivity index (χ3n) is 0. The van der Waals surface area contributed by atoms with Gasteiger partial charge in [-0.05, 0) is 0 Å². The molecule has 0 aromatic heterocycles. The van der Waals surface area contributed by atoms with E-state index >= 15 is 0 Å². The fourth-order valence-electron chi connectivity index (χ4n) is 0. The Morgan fingerprint density at radius 3 is 0.625 bits per heavy atom. The predicted molar refractivity (Wildman–Crippen MR) is 35.8 cm³/mol. The van der Waals surface area contributed by atoms with Crippen molar-refractivity contribution < 1.29 is 294 Å². The second-order valence-electron chi connectivity index (χ2n) is 1.97. The summed E-state index contributed by atoms with van der Waals surface area (Å²) in [5, 5.41) is 0. The molecule has 73 valence electrons. The van der Waals surface area contributed by atoms with E-state index < -0.39 is 0 Å². The van der Waals surface area contributed by atoms with Gasteiger partial charge in [-0.15, -0.1) is 0 Å². The molecule has 0 aliphatic heterocycles. The van der Waals surface area contributed by atoms with Crippen LogP contribution in [0.3, 0.4) is 0 Å². The Labute approximate surface area is 330 Å². The fraction of sp³-hybridized carbons (Fsp3) is 0.714. The first kappa shape index (κ1) is 72.3. The first-order chi connectivity index (χ1) is 3.15. The van der Waals surface area contributed by atoms with E-state index in [1.54, 1.807) is 0 Å². The van der Waals surface area contributed by atoms with E-state index in [4.69, 9.17) is 0 Å². The topological polar surface area (TPSA) is 0 Å². The summed E-state index contributed by atoms with van der Waals surface area (Å²) in [5.41, 5.74) is 0. The predicted octanol–water partition coefficient (Wildman–Crippen LogP) is 2.68. The molecule has 0 aliphatic carbocycles. The maximum atomic E-state index is 3.64. The summed E-state index contributed by atoms with van der Waals surface area (Å²) in [6.45, 7) is 11.8. The van der Waals surface area contributed by atoms with E-state index in [0.717, 1.165) is 0 Å². The van der Waals surface area contributed by atoms with Crippen molar-refractivity contribution in [3.05, 3.63) is 13.3 Å². The average molecular weight is 900 g/mol. The third kappa shape index (κ3) is 128. The molecule has 0 heterocycles. The summed E-state index contributed by atoms with van der Waals surface area (Å²) < 4.78 is 0. The summed E-state index contributed by atoms with van der Waals surface area (Å²) in [5.74, 6) is 0.583. The normalized spacial score (nSPS) is 3.38. The van der Waals surface area contributed by atoms with Crippen molar-refractivity contribution in [3.63, 3.8) is 0 Å². The van der Waals surface area contributed by atoms with Gasteiger partial charge >= 0.3 is 0 Å². The molecule has 16 heavy (non-hydrogen) atoms. The van der Waals surface area contributed by atoms with Crippen LogP contribution in [0.5, 0.6) is 0 Å². The maximum absolute atomic E-state index is 3.64. The van der Waals surface area contributed by atoms with Crippen molar-refractivity contribution in [1.29, 1.82) is 0 Å². The molecular formula is C7H16Y9-2. The quantitative estimate of drug-likeness (QED) is 0.329. The van der Waals surface area contributed by atoms with E-state index in [-0.39, 0.29) is 294 Å². The van der Waals surface area contributed by atoms with E-state index in [1.807, 2.05) is 20.3 Å². The van der Waals surface area contributed by atoms with Crippen LogP contribution in [0.2, 0.25) is 0 Å². The molecule has 0 aromatic rings. The van der Waals surface area contributed by atoms with Crippen LogP contribution < -0.4 is 0 Å². The maximum Gasteiger partial charge on any atom is 0 e. The van der Waals surface area contributed by atoms with Crippen molar-refractivity contribution in [3.8, 4) is 0 Å². The first-order valence-electron chi connectivity index (χ1n) is 2.72. The van der Waals surface area contributed by atoms with Crippen LogP contribution in [-0.4, -0.2) is 0 Å². The zero-order valence-corrected chi connectivity index (χ0v) is 36.6. The second kappa shape index (κ2) is 73.6. The molecule has 0 aliphatic rings. The van der Waals surface area contributed by atoms with E-state index in [9.17, 15) is 0 Å². The summed E-state index contributed by atoms with van der Waals surface area (Å²) in [6.07, 6.45) is 2.00. The Hall–Kier alpha value is 9.94. The van der Waals surface area contributed by atoms with Crippen LogP contribution in [0, 0.1) is 19.3 Å². The van der Waals surface area contributed by atoms with Crippen molar-refractivity contribution in [1.82, 2.24) is 0 Å². The number of rotatable bonds is 0. The smallest absolute Gasteiger partial charge is 0 e. The summed E-state index contributed by atoms with van der Waals surface area (Å²) in [4.78, 5) is 0. The molecule has 0 saturated heterocycles. The molecule has 0 nitrogen and oxygen atoms in total. The van der Waals surface area contributed by atoms with Gasteiger partial charge in [-0.2, -0.15) is 19.8 Å². The van der Waals surface area contributed by atoms with Crippen LogP contribution in [0.1, 0.15) is 27.7 Å². The van der Waals surface area contributed by atoms with Gasteiger partial charge in [0, 0.05) is 294 Å². The standard InChI is InChI=1S/C4H9.C3H7.9Y/c1-4(2)3;1-3-2;;;;;;;;;/h4H,1H2,2-3H3;3H,1-2H3;;;;;;;;;/q2*-1;;;;;;;;;. The summed E-state index contributed by atoms with van der Waals surface area (Å²) in [6, 6.07) is 0. The molecule has 0 spiro atoms. The van der Waals surface area contributed by atoms with Crippen molar-refractivity contribution >= 4 is 0 Å². The van der Waals surface area contributed by atoms with Gasteiger partial charge in [0.15, 0.2) is 0 Å². The van der Waals surface area contributed by atoms with E-state index in [2.05, 4.69) is 20.8 Å². The van der Waals surface area contributed by atoms with Gasteiger partial charge in [0.1, 0.15) is 0 Å². The van der Waals surface area contributed by atoms with Gasteiger partial charge in [0.05, 0.1) is 0 Å². The molecule has 0 amide bonds. The molecule has 0 fully saturated rings. The van der Waals surface area contributed by atoms with Crippen molar-refractivity contribution in [2.24, 2.45) is 5.92 Å². The van der Waals surface area contributed by atoms with E-state index in [0.29, 0.717) is 5.92 Å². The van der Waals surface area contributed by atoms with Gasteiger partial charge in [-0.1, -0.05) is 13.8 Å². The zero-order valence-electron chi connectivity index (χ0n) is 11.1. The van der Waals surface area contributed by atoms with Crippen LogP contribution in [-0.2, 0) is 294 Å². The average Bonchev–Trinajstić information content (AvgIpc) is 1.33. The Bertz CT molecular complexity index is 27.1. The van der Waals surface area contributed by atoms with Gasteiger partial charge in [0.2, 0.25) is 0 Å². The second-order valence-corrected chi connectivity index (χ2v) is 1.97. The van der Waals surface area contributed by atoms with Crippen molar-refractivity contribution in [2.75, 3.05) is 0 Å². The molecule has 0 rings (SSSR count). The first-order valence-corrected chi connectivity index (χ1v) is 2.72. The van der Waals surface area contributed by atoms with Crippen LogP contribution in [0.4, 0.5) is 0 Å². The van der Waals surface area contributed by atoms with Crippen molar-refractivity contribution in [2.45, 2.75) is 27.7 Å². The molecule has 0 atom stereocenters. The zero-order chi connectivity index (χ0) is 6.28. The SMILES string of the molecule is C[CH-]C.[CH2-]C(C)C.[Y].[Y].[Y].[Y].[Y].[Y].[Y].[Y].[Y]. The molecule has 0 bridgehead atoms. The Balaban J connectivity index is -0.00000000224. The molecule has 0 aromatic carbocycles. The molecule has 9 heteroatoms. The summed E-state index contributed by atoms with van der Waals surface area (Å²) >= 11 is 0. The Kier molecular flexibility index (Phi) is 332. The fourth-order valence-corrected chi connectivity index (χ4v) is 0. The largest absolute Gasteiger partial charge is 0.341 e. The minimum Gasteiger partial charge on any atom is -0.341 e. The third-order valence-corrected chi connectivity index (χ3v) is 0. The molecule has 0 N–H and O–H groups in total. The Morgan fingerprint density at radius 2 is 0.625 bits per heavy atom. The van der Waals surface area contributed by atoms with Gasteiger partial charge in [0.25, 0.3) is 0 Å². The van der Waals surface area contributed by atoms with E-state index in [1.165, 1.54) is 0 Å². The monoisotopic (exact) mass is 900 g/mol. The minimum atomic E-state index is 0. The van der Waals surface area contributed by atoms with Gasteiger partial charge in [-0.25, -0.2) is 0 Å². The van der Waals surface area contributed by atoms with Crippen LogP contribution in [0.15, 0.2) is 0 Å². The minimum absolute atomic E-state index is 0. The van der Waals surface area contributed by atoms with Gasteiger partial charge < -0.3 is 13.3 Å².